The number of carbonyl (C=O) groups is 1. The van der Waals surface area contributed by atoms with Gasteiger partial charge in [0.15, 0.2) is 0 Å². The predicted octanol–water partition coefficient (Wildman–Crippen LogP) is 5.68. The van der Waals surface area contributed by atoms with Gasteiger partial charge in [-0.05, 0) is 42.5 Å². The molecular formula is C28H25N7OS. The summed E-state index contributed by atoms with van der Waals surface area (Å²) in [6.07, 6.45) is 5.05. The summed E-state index contributed by atoms with van der Waals surface area (Å²) in [5.74, 6) is 0.473. The van der Waals surface area contributed by atoms with E-state index < -0.39 is 6.03 Å². The van der Waals surface area contributed by atoms with Crippen molar-refractivity contribution < 1.29 is 4.79 Å². The number of fused-ring (bicyclic) bond motifs is 1. The van der Waals surface area contributed by atoms with Crippen LogP contribution < -0.4 is 15.4 Å². The lowest BCUT2D eigenvalue weighted by Crippen LogP contribution is -2.43. The van der Waals surface area contributed by atoms with Gasteiger partial charge in [-0.1, -0.05) is 85.6 Å². The van der Waals surface area contributed by atoms with Gasteiger partial charge in [0.2, 0.25) is 0 Å². The van der Waals surface area contributed by atoms with Crippen molar-refractivity contribution in [2.24, 2.45) is 5.73 Å². The zero-order valence-corrected chi connectivity index (χ0v) is 20.8. The van der Waals surface area contributed by atoms with Gasteiger partial charge >= 0.3 is 6.03 Å². The second-order valence-corrected chi connectivity index (χ2v) is 9.62. The highest BCUT2D eigenvalue weighted by atomic mass is 32.1. The Morgan fingerprint density at radius 1 is 0.919 bits per heavy atom. The first-order valence-corrected chi connectivity index (χ1v) is 12.5. The van der Waals surface area contributed by atoms with Crippen LogP contribution in [0.1, 0.15) is 24.8 Å². The van der Waals surface area contributed by atoms with Gasteiger partial charge in [-0.25, -0.2) is 18.6 Å². The standard InChI is InChI=1S/C28H25N7OS/c29-28(16-7-17-28)21-14-12-20(13-15-21)24-23(19-8-3-1-4-9-19)18-34-25(31-24)32-26(33-34)35(37)27(36)30-22-10-5-2-6-11-22/h1-6,8-15,18,37H,7,16-17,29H2,(H,30,36). The van der Waals surface area contributed by atoms with Crippen LogP contribution in [-0.4, -0.2) is 25.6 Å². The summed E-state index contributed by atoms with van der Waals surface area (Å²) in [4.78, 5) is 22.1. The van der Waals surface area contributed by atoms with E-state index in [1.807, 2.05) is 54.7 Å². The summed E-state index contributed by atoms with van der Waals surface area (Å²) in [6, 6.07) is 27.0. The fourth-order valence-electron chi connectivity index (χ4n) is 4.54. The second-order valence-electron chi connectivity index (χ2n) is 9.22. The lowest BCUT2D eigenvalue weighted by atomic mass is 9.72. The molecule has 1 saturated carbocycles. The largest absolute Gasteiger partial charge is 0.338 e. The molecular weight excluding hydrogens is 482 g/mol. The molecule has 1 fully saturated rings. The number of hydrogen-bond acceptors (Lipinski definition) is 6. The quantitative estimate of drug-likeness (QED) is 0.266. The fraction of sp³-hybridized carbons (Fsp3) is 0.143. The molecule has 3 N–H and O–H groups in total. The van der Waals surface area contributed by atoms with E-state index in [4.69, 9.17) is 10.7 Å². The molecule has 2 heterocycles. The zero-order valence-electron chi connectivity index (χ0n) is 20.0. The first-order valence-electron chi connectivity index (χ1n) is 12.1. The molecule has 0 spiro atoms. The van der Waals surface area contributed by atoms with Crippen LogP contribution in [0.15, 0.2) is 91.1 Å². The topological polar surface area (TPSA) is 101 Å². The number of aromatic nitrogens is 4. The van der Waals surface area contributed by atoms with E-state index in [-0.39, 0.29) is 11.5 Å². The van der Waals surface area contributed by atoms with Crippen LogP contribution in [0.3, 0.4) is 0 Å². The Labute approximate surface area is 219 Å². The number of hydrogen-bond donors (Lipinski definition) is 3. The minimum absolute atomic E-state index is 0.117. The van der Waals surface area contributed by atoms with Gasteiger partial charge in [-0.3, -0.25) is 0 Å². The highest BCUT2D eigenvalue weighted by molar-refractivity contribution is 7.82. The van der Waals surface area contributed by atoms with Gasteiger partial charge in [0.1, 0.15) is 0 Å². The molecule has 0 saturated heterocycles. The number of nitrogens with one attached hydrogen (secondary N) is 1. The SMILES string of the molecule is NC1(c2ccc(-c3nc4nc(N(S)C(=O)Nc5ccccc5)nn4cc3-c3ccccc3)cc2)CCC1. The van der Waals surface area contributed by atoms with Crippen molar-refractivity contribution in [3.8, 4) is 22.4 Å². The Hall–Kier alpha value is -4.21. The maximum atomic E-state index is 12.7. The summed E-state index contributed by atoms with van der Waals surface area (Å²) in [7, 11) is 0. The van der Waals surface area contributed by atoms with Crippen molar-refractivity contribution in [3.63, 3.8) is 0 Å². The molecule has 2 aromatic heterocycles. The van der Waals surface area contributed by atoms with Crippen molar-refractivity contribution in [1.29, 1.82) is 0 Å². The summed E-state index contributed by atoms with van der Waals surface area (Å²) in [5, 5.41) is 7.25. The van der Waals surface area contributed by atoms with Gasteiger partial charge in [-0.15, -0.1) is 5.10 Å². The summed E-state index contributed by atoms with van der Waals surface area (Å²) in [6.45, 7) is 0. The molecule has 184 valence electrons. The van der Waals surface area contributed by atoms with Crippen molar-refractivity contribution in [2.45, 2.75) is 24.8 Å². The first kappa shape index (κ1) is 23.2. The van der Waals surface area contributed by atoms with Crippen molar-refractivity contribution in [1.82, 2.24) is 19.6 Å². The van der Waals surface area contributed by atoms with Gasteiger partial charge in [0, 0.05) is 28.6 Å². The van der Waals surface area contributed by atoms with Crippen LogP contribution in [0.25, 0.3) is 28.2 Å². The molecule has 1 aliphatic carbocycles. The minimum atomic E-state index is -0.476. The molecule has 9 heteroatoms. The first-order chi connectivity index (χ1) is 18.0. The predicted molar refractivity (Wildman–Crippen MR) is 148 cm³/mol. The number of nitrogens with two attached hydrogens (primary N) is 1. The van der Waals surface area contributed by atoms with Gasteiger partial charge in [0.25, 0.3) is 11.7 Å². The Kier molecular flexibility index (Phi) is 5.86. The fourth-order valence-corrected chi connectivity index (χ4v) is 4.68. The molecule has 0 atom stereocenters. The van der Waals surface area contributed by atoms with Crippen LogP contribution in [0.4, 0.5) is 16.4 Å². The smallest absolute Gasteiger partial charge is 0.321 e. The summed E-state index contributed by atoms with van der Waals surface area (Å²) >= 11 is 4.34. The molecule has 37 heavy (non-hydrogen) atoms. The molecule has 1 aliphatic rings. The van der Waals surface area contributed by atoms with Crippen LogP contribution in [0.2, 0.25) is 0 Å². The molecule has 0 bridgehead atoms. The zero-order chi connectivity index (χ0) is 25.4. The molecule has 5 aromatic rings. The van der Waals surface area contributed by atoms with E-state index in [0.29, 0.717) is 11.5 Å². The van der Waals surface area contributed by atoms with Gasteiger partial charge < -0.3 is 11.1 Å². The highest BCUT2D eigenvalue weighted by Crippen LogP contribution is 2.39. The van der Waals surface area contributed by atoms with E-state index in [9.17, 15) is 4.79 Å². The highest BCUT2D eigenvalue weighted by Gasteiger charge is 2.34. The van der Waals surface area contributed by atoms with Crippen LogP contribution >= 0.6 is 12.8 Å². The molecule has 2 amide bonds. The van der Waals surface area contributed by atoms with E-state index in [1.165, 1.54) is 0 Å². The number of rotatable bonds is 5. The van der Waals surface area contributed by atoms with E-state index in [1.54, 1.807) is 16.6 Å². The van der Waals surface area contributed by atoms with Crippen LogP contribution in [0.5, 0.6) is 0 Å². The normalized spacial score (nSPS) is 14.2. The molecule has 0 radical (unpaired) electrons. The second kappa shape index (κ2) is 9.34. The van der Waals surface area contributed by atoms with Crippen molar-refractivity contribution in [2.75, 3.05) is 9.62 Å². The third-order valence-corrected chi connectivity index (χ3v) is 7.15. The third-order valence-electron chi connectivity index (χ3n) is 6.79. The number of thiol groups is 1. The van der Waals surface area contributed by atoms with Crippen LogP contribution in [0, 0.1) is 0 Å². The molecule has 3 aromatic carbocycles. The number of amides is 2. The Balaban J connectivity index is 1.38. The van der Waals surface area contributed by atoms with E-state index in [2.05, 4.69) is 52.5 Å². The average Bonchev–Trinajstić information content (AvgIpc) is 3.35. The summed E-state index contributed by atoms with van der Waals surface area (Å²) < 4.78 is 2.63. The minimum Gasteiger partial charge on any atom is -0.321 e. The average molecular weight is 508 g/mol. The maximum Gasteiger partial charge on any atom is 0.338 e. The Morgan fingerprint density at radius 2 is 1.59 bits per heavy atom. The molecule has 0 aliphatic heterocycles. The molecule has 0 unspecified atom stereocenters. The number of nitrogens with zero attached hydrogens (tertiary/aromatic N) is 5. The van der Waals surface area contributed by atoms with Crippen LogP contribution in [-0.2, 0) is 5.54 Å². The maximum absolute atomic E-state index is 12.7. The number of benzene rings is 3. The van der Waals surface area contributed by atoms with Crippen molar-refractivity contribution >= 4 is 36.3 Å². The Bertz CT molecular complexity index is 1570. The van der Waals surface area contributed by atoms with Gasteiger partial charge in [0.05, 0.1) is 5.69 Å². The van der Waals surface area contributed by atoms with Gasteiger partial charge in [-0.2, -0.15) is 4.98 Å². The Morgan fingerprint density at radius 3 is 2.24 bits per heavy atom. The molecule has 6 rings (SSSR count). The lowest BCUT2D eigenvalue weighted by molar-refractivity contribution is 0.253. The van der Waals surface area contributed by atoms with Crippen molar-refractivity contribution in [3.05, 3.63) is 96.7 Å². The monoisotopic (exact) mass is 507 g/mol. The van der Waals surface area contributed by atoms with E-state index in [0.717, 1.165) is 51.5 Å². The lowest BCUT2D eigenvalue weighted by Gasteiger charge is -2.38. The summed E-state index contributed by atoms with van der Waals surface area (Å²) in [5.41, 5.74) is 11.7. The van der Waals surface area contributed by atoms with E-state index >= 15 is 0 Å². The number of para-hydroxylation sites is 1. The molecule has 8 nitrogen and oxygen atoms in total. The number of urea groups is 1. The number of anilines is 2. The number of carbonyl (C=O) groups excluding carboxylic acids is 1. The third kappa shape index (κ3) is 4.43.